The smallest absolute Gasteiger partial charge is 0.0786 e. The van der Waals surface area contributed by atoms with Crippen LogP contribution in [0.25, 0.3) is 0 Å². The number of hydrogen-bond acceptors (Lipinski definition) is 0. The van der Waals surface area contributed by atoms with E-state index in [0.717, 1.165) is 0 Å². The highest BCUT2D eigenvalue weighted by Crippen LogP contribution is 2.20. The van der Waals surface area contributed by atoms with Gasteiger partial charge in [0.1, 0.15) is 0 Å². The van der Waals surface area contributed by atoms with E-state index >= 15 is 0 Å². The lowest BCUT2D eigenvalue weighted by Gasteiger charge is -2.39. The molecule has 1 nitrogen and oxygen atoms in total. The summed E-state index contributed by atoms with van der Waals surface area (Å²) in [5, 5.41) is 0. The molecule has 0 rings (SSSR count). The molecule has 0 aromatic heterocycles. The fraction of sp³-hybridized carbons (Fsp3) is 1.00. The van der Waals surface area contributed by atoms with Crippen molar-refractivity contribution in [3.8, 4) is 0 Å². The van der Waals surface area contributed by atoms with E-state index in [1.54, 1.807) is 0 Å². The summed E-state index contributed by atoms with van der Waals surface area (Å²) in [6.45, 7) is 15.2. The molecule has 0 aromatic carbocycles. The third kappa shape index (κ3) is 19.9. The van der Waals surface area contributed by atoms with Crippen LogP contribution < -0.4 is 12.4 Å². The first-order valence-electron chi connectivity index (χ1n) is 13.6. The van der Waals surface area contributed by atoms with Gasteiger partial charge in [-0.3, -0.25) is 0 Å². The van der Waals surface area contributed by atoms with Crippen molar-refractivity contribution in [3.05, 3.63) is 0 Å². The van der Waals surface area contributed by atoms with Crippen LogP contribution in [0.15, 0.2) is 0 Å². The van der Waals surface area contributed by atoms with Crippen molar-refractivity contribution in [2.45, 2.75) is 150 Å². The minimum atomic E-state index is 0. The van der Waals surface area contributed by atoms with Gasteiger partial charge in [0.05, 0.1) is 26.2 Å². The quantitative estimate of drug-likeness (QED) is 0.131. The van der Waals surface area contributed by atoms with Gasteiger partial charge in [0, 0.05) is 0 Å². The maximum Gasteiger partial charge on any atom is 0.0786 e. The Labute approximate surface area is 192 Å². The topological polar surface area (TPSA) is 0 Å². The van der Waals surface area contributed by atoms with Crippen molar-refractivity contribution in [2.24, 2.45) is 0 Å². The molecular formula is C27H58ClN. The number of halogens is 1. The monoisotopic (exact) mass is 431 g/mol. The van der Waals surface area contributed by atoms with E-state index in [9.17, 15) is 0 Å². The Kier molecular flexibility index (Phi) is 26.6. The molecule has 0 aliphatic carbocycles. The summed E-state index contributed by atoms with van der Waals surface area (Å²) in [6.07, 6.45) is 27.3. The van der Waals surface area contributed by atoms with Crippen LogP contribution in [0.5, 0.6) is 0 Å². The van der Waals surface area contributed by atoms with Crippen molar-refractivity contribution in [3.63, 3.8) is 0 Å². The lowest BCUT2D eigenvalue weighted by molar-refractivity contribution is -0.929. The molecule has 0 fully saturated rings. The molecule has 0 N–H and O–H groups in total. The second kappa shape index (κ2) is 24.5. The van der Waals surface area contributed by atoms with Gasteiger partial charge in [-0.2, -0.15) is 0 Å². The molecule has 0 bridgehead atoms. The summed E-state index contributed by atoms with van der Waals surface area (Å²) < 4.78 is 1.46. The average Bonchev–Trinajstić information content (AvgIpc) is 2.71. The lowest BCUT2D eigenvalue weighted by atomic mass is 10.1. The summed E-state index contributed by atoms with van der Waals surface area (Å²) in [4.78, 5) is 0. The Bertz CT molecular complexity index is 261. The molecule has 2 heteroatoms. The number of hydrogen-bond donors (Lipinski definition) is 0. The molecule has 0 saturated heterocycles. The predicted molar refractivity (Wildman–Crippen MR) is 130 cm³/mol. The molecule has 0 spiro atoms. The highest BCUT2D eigenvalue weighted by Gasteiger charge is 2.25. The maximum absolute atomic E-state index is 2.34. The highest BCUT2D eigenvalue weighted by atomic mass is 35.5. The first kappa shape index (κ1) is 31.4. The molecule has 178 valence electrons. The molecule has 0 amide bonds. The molecule has 0 atom stereocenters. The maximum atomic E-state index is 2.34. The summed E-state index contributed by atoms with van der Waals surface area (Å²) in [5.41, 5.74) is 0. The van der Waals surface area contributed by atoms with Gasteiger partial charge in [0.25, 0.3) is 0 Å². The van der Waals surface area contributed by atoms with E-state index < -0.39 is 0 Å². The Hall–Kier alpha value is 0.250. The summed E-state index contributed by atoms with van der Waals surface area (Å²) in [5.74, 6) is 0. The molecule has 0 aliphatic heterocycles. The van der Waals surface area contributed by atoms with Crippen LogP contribution in [-0.2, 0) is 0 Å². The van der Waals surface area contributed by atoms with Crippen molar-refractivity contribution < 1.29 is 16.9 Å². The zero-order chi connectivity index (χ0) is 20.8. The van der Waals surface area contributed by atoms with E-state index in [2.05, 4.69) is 27.7 Å². The largest absolute Gasteiger partial charge is 1.00 e. The fourth-order valence-electron chi connectivity index (χ4n) is 4.70. The Morgan fingerprint density at radius 3 is 0.793 bits per heavy atom. The summed E-state index contributed by atoms with van der Waals surface area (Å²) in [6, 6.07) is 0. The number of nitrogens with zero attached hydrogens (tertiary/aromatic N) is 1. The number of rotatable bonds is 23. The molecule has 0 radical (unpaired) electrons. The van der Waals surface area contributed by atoms with Crippen LogP contribution in [0.4, 0.5) is 0 Å². The van der Waals surface area contributed by atoms with Gasteiger partial charge in [0.15, 0.2) is 0 Å². The summed E-state index contributed by atoms with van der Waals surface area (Å²) in [7, 11) is 0. The van der Waals surface area contributed by atoms with Crippen molar-refractivity contribution >= 4 is 0 Å². The first-order chi connectivity index (χ1) is 13.7. The van der Waals surface area contributed by atoms with Gasteiger partial charge >= 0.3 is 0 Å². The second-order valence-electron chi connectivity index (χ2n) is 9.54. The van der Waals surface area contributed by atoms with Crippen molar-refractivity contribution in [1.29, 1.82) is 0 Å². The van der Waals surface area contributed by atoms with Crippen LogP contribution in [0.1, 0.15) is 150 Å². The average molecular weight is 432 g/mol. The van der Waals surface area contributed by atoms with Gasteiger partial charge in [-0.05, 0) is 51.4 Å². The molecule has 0 saturated carbocycles. The van der Waals surface area contributed by atoms with Crippen molar-refractivity contribution in [2.75, 3.05) is 26.2 Å². The van der Waals surface area contributed by atoms with E-state index in [-0.39, 0.29) is 12.4 Å². The van der Waals surface area contributed by atoms with Gasteiger partial charge in [-0.1, -0.05) is 98.3 Å². The molecule has 0 aromatic rings. The molecule has 29 heavy (non-hydrogen) atoms. The molecular weight excluding hydrogens is 374 g/mol. The second-order valence-corrected chi connectivity index (χ2v) is 9.54. The minimum absolute atomic E-state index is 0. The van der Waals surface area contributed by atoms with Gasteiger partial charge in [-0.15, -0.1) is 0 Å². The van der Waals surface area contributed by atoms with Gasteiger partial charge < -0.3 is 16.9 Å². The third-order valence-electron chi connectivity index (χ3n) is 6.69. The van der Waals surface area contributed by atoms with Gasteiger partial charge in [-0.25, -0.2) is 0 Å². The van der Waals surface area contributed by atoms with Crippen molar-refractivity contribution in [1.82, 2.24) is 0 Å². The van der Waals surface area contributed by atoms with Crippen LogP contribution in [0.2, 0.25) is 0 Å². The SMILES string of the molecule is CCCCCCCCC[N+](CCCCCC)(CCCCCC)CCCCCC.[Cl-]. The Morgan fingerprint density at radius 1 is 0.310 bits per heavy atom. The summed E-state index contributed by atoms with van der Waals surface area (Å²) >= 11 is 0. The van der Waals surface area contributed by atoms with E-state index in [1.807, 2.05) is 0 Å². The zero-order valence-electron chi connectivity index (χ0n) is 21.1. The number of unbranched alkanes of at least 4 members (excludes halogenated alkanes) is 15. The van der Waals surface area contributed by atoms with E-state index in [1.165, 1.54) is 153 Å². The predicted octanol–water partition coefficient (Wildman–Crippen LogP) is 6.30. The highest BCUT2D eigenvalue weighted by molar-refractivity contribution is 4.54. The Morgan fingerprint density at radius 2 is 0.517 bits per heavy atom. The first-order valence-corrected chi connectivity index (χ1v) is 13.6. The fourth-order valence-corrected chi connectivity index (χ4v) is 4.70. The van der Waals surface area contributed by atoms with Gasteiger partial charge in [0.2, 0.25) is 0 Å². The Balaban J connectivity index is 0. The molecule has 0 unspecified atom stereocenters. The van der Waals surface area contributed by atoms with Crippen LogP contribution in [0.3, 0.4) is 0 Å². The lowest BCUT2D eigenvalue weighted by Crippen LogP contribution is -3.00. The van der Waals surface area contributed by atoms with E-state index in [0.29, 0.717) is 0 Å². The number of quaternary nitrogens is 1. The third-order valence-corrected chi connectivity index (χ3v) is 6.69. The van der Waals surface area contributed by atoms with Crippen LogP contribution >= 0.6 is 0 Å². The van der Waals surface area contributed by atoms with Crippen LogP contribution in [0, 0.1) is 0 Å². The molecule has 0 aliphatic rings. The van der Waals surface area contributed by atoms with Crippen LogP contribution in [-0.4, -0.2) is 30.7 Å². The standard InChI is InChI=1S/C27H58N.ClH/c1-5-9-13-17-18-19-23-27-28(24-20-14-10-6-2,25-21-15-11-7-3)26-22-16-12-8-4;/h5-27H2,1-4H3;1H/q+1;/p-1. The normalized spacial score (nSPS) is 11.6. The molecule has 0 heterocycles. The van der Waals surface area contributed by atoms with E-state index in [4.69, 9.17) is 0 Å². The minimum Gasteiger partial charge on any atom is -1.00 e. The zero-order valence-corrected chi connectivity index (χ0v) is 21.8.